The van der Waals surface area contributed by atoms with Gasteiger partial charge in [-0.3, -0.25) is 4.79 Å². The fourth-order valence-corrected chi connectivity index (χ4v) is 3.88. The predicted molar refractivity (Wildman–Crippen MR) is 110 cm³/mol. The molecule has 1 unspecified atom stereocenters. The van der Waals surface area contributed by atoms with Gasteiger partial charge in [0.1, 0.15) is 5.76 Å². The number of likely N-dealkylation sites (tertiary alicyclic amines) is 1. The normalized spacial score (nSPS) is 20.0. The summed E-state index contributed by atoms with van der Waals surface area (Å²) in [6.07, 6.45) is 1.93. The standard InChI is InChI=1S/C19H24N4O3.C2HF3O2/c1-14-3-4-16(26-14)17(24)23-10-6-19(7-11-23)13-15(5-12-25-19)22-18-20-8-2-9-21-18;3-2(4,5)1(6)7/h2-4,8-9,15H,5-7,10-13H2,1H3,(H,20,21,22);(H,6,7). The highest BCUT2D eigenvalue weighted by Gasteiger charge is 2.42. The number of amides is 1. The van der Waals surface area contributed by atoms with Crippen LogP contribution in [0.15, 0.2) is 35.0 Å². The number of carbonyl (C=O) groups is 2. The van der Waals surface area contributed by atoms with Gasteiger partial charge in [0.2, 0.25) is 5.95 Å². The molecule has 2 aromatic rings. The average molecular weight is 470 g/mol. The van der Waals surface area contributed by atoms with Crippen LogP contribution in [0.25, 0.3) is 0 Å². The van der Waals surface area contributed by atoms with Crippen LogP contribution in [0, 0.1) is 6.92 Å². The van der Waals surface area contributed by atoms with E-state index in [1.54, 1.807) is 18.5 Å². The van der Waals surface area contributed by atoms with E-state index in [4.69, 9.17) is 19.1 Å². The topological polar surface area (TPSA) is 118 Å². The minimum atomic E-state index is -5.08. The lowest BCUT2D eigenvalue weighted by Gasteiger charge is -2.46. The number of carboxylic acid groups (broad SMARTS) is 1. The number of furan rings is 1. The van der Waals surface area contributed by atoms with E-state index in [0.29, 0.717) is 30.8 Å². The number of rotatable bonds is 3. The first-order chi connectivity index (χ1) is 15.6. The first kappa shape index (κ1) is 24.5. The van der Waals surface area contributed by atoms with Gasteiger partial charge in [-0.2, -0.15) is 13.2 Å². The molecule has 2 fully saturated rings. The van der Waals surface area contributed by atoms with Crippen molar-refractivity contribution in [2.75, 3.05) is 25.0 Å². The van der Waals surface area contributed by atoms with Gasteiger partial charge in [0.15, 0.2) is 5.76 Å². The average Bonchev–Trinajstić information content (AvgIpc) is 3.21. The first-order valence-corrected chi connectivity index (χ1v) is 10.4. The molecule has 1 atom stereocenters. The van der Waals surface area contributed by atoms with E-state index in [1.807, 2.05) is 24.0 Å². The van der Waals surface area contributed by atoms with Crippen molar-refractivity contribution < 1.29 is 37.0 Å². The van der Waals surface area contributed by atoms with Crippen LogP contribution >= 0.6 is 0 Å². The third-order valence-electron chi connectivity index (χ3n) is 5.55. The fraction of sp³-hybridized carbons (Fsp3) is 0.524. The highest BCUT2D eigenvalue weighted by Crippen LogP contribution is 2.36. The number of aromatic nitrogens is 2. The summed E-state index contributed by atoms with van der Waals surface area (Å²) in [7, 11) is 0. The number of hydrogen-bond acceptors (Lipinski definition) is 7. The third-order valence-corrected chi connectivity index (χ3v) is 5.55. The van der Waals surface area contributed by atoms with E-state index in [0.717, 1.165) is 38.1 Å². The Labute approximate surface area is 187 Å². The van der Waals surface area contributed by atoms with Crippen LogP contribution in [0.4, 0.5) is 19.1 Å². The summed E-state index contributed by atoms with van der Waals surface area (Å²) in [5, 5.41) is 10.5. The van der Waals surface area contributed by atoms with Crippen LogP contribution in [-0.2, 0) is 9.53 Å². The van der Waals surface area contributed by atoms with Gasteiger partial charge in [-0.05, 0) is 50.8 Å². The lowest BCUT2D eigenvalue weighted by atomic mass is 9.82. The molecule has 1 spiro atoms. The van der Waals surface area contributed by atoms with E-state index < -0.39 is 12.1 Å². The lowest BCUT2D eigenvalue weighted by Crippen LogP contribution is -2.52. The second-order valence-electron chi connectivity index (χ2n) is 7.94. The molecule has 4 rings (SSSR count). The molecule has 0 bridgehead atoms. The van der Waals surface area contributed by atoms with E-state index >= 15 is 0 Å². The monoisotopic (exact) mass is 470 g/mol. The zero-order chi connectivity index (χ0) is 24.1. The van der Waals surface area contributed by atoms with Gasteiger partial charge in [0.05, 0.1) is 5.60 Å². The van der Waals surface area contributed by atoms with Crippen LogP contribution in [-0.4, -0.2) is 69.4 Å². The molecule has 2 N–H and O–H groups in total. The molecule has 1 amide bonds. The number of nitrogens with one attached hydrogen (secondary N) is 1. The van der Waals surface area contributed by atoms with Crippen molar-refractivity contribution in [3.63, 3.8) is 0 Å². The Bertz CT molecular complexity index is 943. The molecule has 33 heavy (non-hydrogen) atoms. The lowest BCUT2D eigenvalue weighted by molar-refractivity contribution is -0.192. The van der Waals surface area contributed by atoms with Crippen LogP contribution in [0.1, 0.15) is 42.0 Å². The number of alkyl halides is 3. The second-order valence-corrected chi connectivity index (χ2v) is 7.94. The summed E-state index contributed by atoms with van der Waals surface area (Å²) in [5.74, 6) is -0.947. The van der Waals surface area contributed by atoms with Gasteiger partial charge < -0.3 is 24.5 Å². The molecule has 9 nitrogen and oxygen atoms in total. The fourth-order valence-electron chi connectivity index (χ4n) is 3.88. The second kappa shape index (κ2) is 10.2. The number of aryl methyl sites for hydroxylation is 1. The van der Waals surface area contributed by atoms with Crippen molar-refractivity contribution in [1.82, 2.24) is 14.9 Å². The number of nitrogens with zero attached hydrogens (tertiary/aromatic N) is 3. The number of halogens is 3. The third kappa shape index (κ3) is 6.67. The molecule has 0 aliphatic carbocycles. The van der Waals surface area contributed by atoms with Crippen molar-refractivity contribution in [2.45, 2.75) is 50.4 Å². The zero-order valence-electron chi connectivity index (χ0n) is 18.0. The van der Waals surface area contributed by atoms with Crippen LogP contribution in [0.5, 0.6) is 0 Å². The summed E-state index contributed by atoms with van der Waals surface area (Å²) < 4.78 is 43.4. The highest BCUT2D eigenvalue weighted by atomic mass is 19.4. The maximum absolute atomic E-state index is 12.6. The Hall–Kier alpha value is -3.15. The largest absolute Gasteiger partial charge is 0.490 e. The van der Waals surface area contributed by atoms with Crippen molar-refractivity contribution in [1.29, 1.82) is 0 Å². The maximum atomic E-state index is 12.6. The Kier molecular flexibility index (Phi) is 7.57. The van der Waals surface area contributed by atoms with Crippen molar-refractivity contribution in [3.05, 3.63) is 42.1 Å². The molecule has 0 aromatic carbocycles. The number of anilines is 1. The Balaban J connectivity index is 0.000000383. The highest BCUT2D eigenvalue weighted by molar-refractivity contribution is 5.91. The van der Waals surface area contributed by atoms with Crippen molar-refractivity contribution in [3.8, 4) is 0 Å². The van der Waals surface area contributed by atoms with Gasteiger partial charge in [0, 0.05) is 38.1 Å². The first-order valence-electron chi connectivity index (χ1n) is 10.4. The zero-order valence-corrected chi connectivity index (χ0v) is 18.0. The van der Waals surface area contributed by atoms with E-state index in [9.17, 15) is 18.0 Å². The molecular weight excluding hydrogens is 445 g/mol. The van der Waals surface area contributed by atoms with E-state index in [1.165, 1.54) is 0 Å². The van der Waals surface area contributed by atoms with Gasteiger partial charge in [-0.1, -0.05) is 0 Å². The van der Waals surface area contributed by atoms with Gasteiger partial charge in [-0.25, -0.2) is 14.8 Å². The number of ether oxygens (including phenoxy) is 1. The molecule has 12 heteroatoms. The molecular formula is C21H25F3N4O5. The summed E-state index contributed by atoms with van der Waals surface area (Å²) in [6, 6.07) is 5.68. The van der Waals surface area contributed by atoms with Gasteiger partial charge >= 0.3 is 12.1 Å². The van der Waals surface area contributed by atoms with E-state index in [-0.39, 0.29) is 11.5 Å². The SMILES string of the molecule is Cc1ccc(C(=O)N2CCC3(CC2)CC(Nc2ncccn2)CCO3)o1.O=C(O)C(F)(F)F. The predicted octanol–water partition coefficient (Wildman–Crippen LogP) is 3.28. The quantitative estimate of drug-likeness (QED) is 0.702. The van der Waals surface area contributed by atoms with Crippen molar-refractivity contribution >= 4 is 17.8 Å². The minimum Gasteiger partial charge on any atom is -0.475 e. The number of aliphatic carboxylic acids is 1. The van der Waals surface area contributed by atoms with Crippen LogP contribution < -0.4 is 5.32 Å². The molecule has 0 radical (unpaired) electrons. The van der Waals surface area contributed by atoms with Crippen LogP contribution in [0.2, 0.25) is 0 Å². The molecule has 2 aliphatic rings. The van der Waals surface area contributed by atoms with E-state index in [2.05, 4.69) is 15.3 Å². The number of carbonyl (C=O) groups excluding carboxylic acids is 1. The molecule has 180 valence electrons. The Morgan fingerprint density at radius 3 is 2.39 bits per heavy atom. The minimum absolute atomic E-state index is 0.0314. The van der Waals surface area contributed by atoms with Gasteiger partial charge in [0.25, 0.3) is 5.91 Å². The summed E-state index contributed by atoms with van der Waals surface area (Å²) in [6.45, 7) is 3.94. The summed E-state index contributed by atoms with van der Waals surface area (Å²) in [4.78, 5) is 31.8. The smallest absolute Gasteiger partial charge is 0.475 e. The van der Waals surface area contributed by atoms with Crippen molar-refractivity contribution in [2.24, 2.45) is 0 Å². The number of carboxylic acids is 1. The molecule has 2 aliphatic heterocycles. The summed E-state index contributed by atoms with van der Waals surface area (Å²) in [5.41, 5.74) is -0.166. The molecule has 0 saturated carbocycles. The summed E-state index contributed by atoms with van der Waals surface area (Å²) >= 11 is 0. The maximum Gasteiger partial charge on any atom is 0.490 e. The van der Waals surface area contributed by atoms with Crippen LogP contribution in [0.3, 0.4) is 0 Å². The van der Waals surface area contributed by atoms with Gasteiger partial charge in [-0.15, -0.1) is 0 Å². The number of hydrogen-bond donors (Lipinski definition) is 2. The molecule has 4 heterocycles. The Morgan fingerprint density at radius 1 is 1.21 bits per heavy atom. The Morgan fingerprint density at radius 2 is 1.85 bits per heavy atom. The molecule has 2 saturated heterocycles. The number of piperidine rings is 1. The molecule has 2 aromatic heterocycles.